The molecule has 2 aromatic rings. The molecule has 3 aliphatic rings. The van der Waals surface area contributed by atoms with Crippen LogP contribution < -0.4 is 15.4 Å². The summed E-state index contributed by atoms with van der Waals surface area (Å²) in [6, 6.07) is 5.69. The van der Waals surface area contributed by atoms with Crippen LogP contribution >= 0.6 is 0 Å². The van der Waals surface area contributed by atoms with Crippen LogP contribution in [0.2, 0.25) is 0 Å². The van der Waals surface area contributed by atoms with Crippen LogP contribution in [0, 0.1) is 6.92 Å². The SMILES string of the molecule is CCCCOC(=O)N1CCN(C(=O)C(CCCO)NC(=O)c2cc(OCC(=O)N3CCCC3C(=O)NC3CCC3)c3ccc(C)cc3n2)CC1. The maximum atomic E-state index is 13.7. The van der Waals surface area contributed by atoms with Crippen LogP contribution in [-0.4, -0.2) is 125 Å². The van der Waals surface area contributed by atoms with E-state index in [1.54, 1.807) is 14.7 Å². The molecule has 1 aromatic heterocycles. The number of nitrogens with zero attached hydrogens (tertiary/aromatic N) is 4. The summed E-state index contributed by atoms with van der Waals surface area (Å²) in [4.78, 5) is 75.2. The molecule has 3 heterocycles. The Morgan fingerprint density at radius 1 is 0.980 bits per heavy atom. The van der Waals surface area contributed by atoms with E-state index in [0.717, 1.165) is 44.1 Å². The van der Waals surface area contributed by atoms with E-state index < -0.39 is 24.1 Å². The van der Waals surface area contributed by atoms with Crippen LogP contribution in [0.25, 0.3) is 10.9 Å². The summed E-state index contributed by atoms with van der Waals surface area (Å²) < 4.78 is 11.3. The van der Waals surface area contributed by atoms with Gasteiger partial charge in [0.25, 0.3) is 11.8 Å². The zero-order valence-electron chi connectivity index (χ0n) is 29.2. The summed E-state index contributed by atoms with van der Waals surface area (Å²) in [5.74, 6) is -1.08. The van der Waals surface area contributed by atoms with E-state index in [1.165, 1.54) is 6.07 Å². The number of piperazine rings is 1. The fourth-order valence-electron chi connectivity index (χ4n) is 6.46. The largest absolute Gasteiger partial charge is 0.483 e. The van der Waals surface area contributed by atoms with Gasteiger partial charge in [-0.25, -0.2) is 9.78 Å². The Balaban J connectivity index is 1.25. The lowest BCUT2D eigenvalue weighted by Gasteiger charge is -2.36. The lowest BCUT2D eigenvalue weighted by molar-refractivity contribution is -0.140. The summed E-state index contributed by atoms with van der Waals surface area (Å²) in [6.07, 6.45) is 6.15. The number of aliphatic hydroxyl groups is 1. The molecule has 1 aliphatic carbocycles. The number of ether oxygens (including phenoxy) is 2. The topological polar surface area (TPSA) is 171 Å². The zero-order valence-corrected chi connectivity index (χ0v) is 29.2. The Morgan fingerprint density at radius 2 is 1.74 bits per heavy atom. The van der Waals surface area contributed by atoms with Crippen molar-refractivity contribution in [1.29, 1.82) is 0 Å². The smallest absolute Gasteiger partial charge is 0.409 e. The number of likely N-dealkylation sites (tertiary alicyclic amines) is 1. The monoisotopic (exact) mass is 694 g/mol. The number of aromatic nitrogens is 1. The van der Waals surface area contributed by atoms with Crippen LogP contribution in [0.15, 0.2) is 24.3 Å². The van der Waals surface area contributed by atoms with Crippen LogP contribution in [-0.2, 0) is 19.1 Å². The molecular formula is C36H50N6O8. The molecule has 5 rings (SSSR count). The van der Waals surface area contributed by atoms with Crippen molar-refractivity contribution in [2.75, 3.05) is 52.5 Å². The highest BCUT2D eigenvalue weighted by Gasteiger charge is 2.36. The van der Waals surface area contributed by atoms with Gasteiger partial charge in [0.2, 0.25) is 11.8 Å². The number of hydrogen-bond acceptors (Lipinski definition) is 9. The number of fused-ring (bicyclic) bond motifs is 1. The van der Waals surface area contributed by atoms with E-state index in [0.29, 0.717) is 43.6 Å². The van der Waals surface area contributed by atoms with Crippen molar-refractivity contribution in [2.24, 2.45) is 0 Å². The summed E-state index contributed by atoms with van der Waals surface area (Å²) in [6.45, 7) is 5.45. The number of carbonyl (C=O) groups is 5. The number of carbonyl (C=O) groups excluding carboxylic acids is 5. The highest BCUT2D eigenvalue weighted by atomic mass is 16.6. The maximum absolute atomic E-state index is 13.7. The second-order valence-electron chi connectivity index (χ2n) is 13.4. The van der Waals surface area contributed by atoms with Crippen molar-refractivity contribution in [3.63, 3.8) is 0 Å². The molecule has 50 heavy (non-hydrogen) atoms. The maximum Gasteiger partial charge on any atom is 0.409 e. The predicted octanol–water partition coefficient (Wildman–Crippen LogP) is 2.53. The minimum atomic E-state index is -0.933. The minimum absolute atomic E-state index is 0.00548. The first kappa shape index (κ1) is 36.8. The van der Waals surface area contributed by atoms with Gasteiger partial charge in [-0.15, -0.1) is 0 Å². The molecule has 1 saturated carbocycles. The molecular weight excluding hydrogens is 644 g/mol. The average molecular weight is 695 g/mol. The number of nitrogens with one attached hydrogen (secondary N) is 2. The minimum Gasteiger partial charge on any atom is -0.483 e. The predicted molar refractivity (Wildman–Crippen MR) is 184 cm³/mol. The zero-order chi connectivity index (χ0) is 35.6. The van der Waals surface area contributed by atoms with Crippen molar-refractivity contribution in [3.8, 4) is 5.75 Å². The van der Waals surface area contributed by atoms with Gasteiger partial charge in [0, 0.05) is 56.8 Å². The highest BCUT2D eigenvalue weighted by Crippen LogP contribution is 2.28. The molecule has 0 spiro atoms. The first-order valence-corrected chi connectivity index (χ1v) is 17.9. The summed E-state index contributed by atoms with van der Waals surface area (Å²) in [5.41, 5.74) is 1.40. The molecule has 14 heteroatoms. The Morgan fingerprint density at radius 3 is 2.44 bits per heavy atom. The highest BCUT2D eigenvalue weighted by molar-refractivity contribution is 5.99. The van der Waals surface area contributed by atoms with Gasteiger partial charge in [-0.1, -0.05) is 19.4 Å². The molecule has 0 radical (unpaired) electrons. The number of unbranched alkanes of at least 4 members (excludes halogenated alkanes) is 1. The van der Waals surface area contributed by atoms with Crippen molar-refractivity contribution >= 4 is 40.6 Å². The first-order valence-electron chi connectivity index (χ1n) is 17.9. The molecule has 14 nitrogen and oxygen atoms in total. The molecule has 2 unspecified atom stereocenters. The normalized spacial score (nSPS) is 18.4. The lowest BCUT2D eigenvalue weighted by atomic mass is 9.93. The Kier molecular flexibility index (Phi) is 12.9. The summed E-state index contributed by atoms with van der Waals surface area (Å²) in [7, 11) is 0. The molecule has 3 fully saturated rings. The molecule has 2 aliphatic heterocycles. The Bertz CT molecular complexity index is 1540. The van der Waals surface area contributed by atoms with Crippen molar-refractivity contribution in [3.05, 3.63) is 35.5 Å². The average Bonchev–Trinajstić information content (AvgIpc) is 3.60. The molecule has 2 saturated heterocycles. The van der Waals surface area contributed by atoms with Crippen molar-refractivity contribution < 1.29 is 38.6 Å². The number of hydrogen-bond donors (Lipinski definition) is 3. The third-order valence-corrected chi connectivity index (χ3v) is 9.67. The summed E-state index contributed by atoms with van der Waals surface area (Å²) in [5, 5.41) is 16.0. The van der Waals surface area contributed by atoms with E-state index >= 15 is 0 Å². The van der Waals surface area contributed by atoms with E-state index in [1.807, 2.05) is 32.0 Å². The van der Waals surface area contributed by atoms with Gasteiger partial charge in [-0.05, 0) is 76.0 Å². The number of rotatable bonds is 14. The Hall–Kier alpha value is -4.46. The standard InChI is InChI=1S/C36H50N6O8/c1-3-4-20-49-36(48)41-17-15-40(16-18-41)35(47)27(10-7-19-43)39-33(45)29-22-31(26-13-12-24(2)21-28(26)38-29)50-23-32(44)42-14-6-11-30(42)34(46)37-25-8-5-9-25/h12-13,21-22,25,27,30,43H,3-11,14-20,23H2,1-2H3,(H,37,46)(H,39,45). The second kappa shape index (κ2) is 17.5. The fraction of sp³-hybridized carbons (Fsp3) is 0.611. The van der Waals surface area contributed by atoms with Crippen LogP contribution in [0.1, 0.15) is 80.8 Å². The molecule has 2 atom stereocenters. The number of aryl methyl sites for hydroxylation is 1. The van der Waals surface area contributed by atoms with Gasteiger partial charge in [0.1, 0.15) is 23.5 Å². The lowest BCUT2D eigenvalue weighted by Crippen LogP contribution is -2.56. The van der Waals surface area contributed by atoms with Gasteiger partial charge in [-0.2, -0.15) is 0 Å². The van der Waals surface area contributed by atoms with E-state index in [9.17, 15) is 29.1 Å². The third kappa shape index (κ3) is 9.20. The van der Waals surface area contributed by atoms with Gasteiger partial charge in [-0.3, -0.25) is 19.2 Å². The van der Waals surface area contributed by atoms with Gasteiger partial charge >= 0.3 is 6.09 Å². The van der Waals surface area contributed by atoms with Gasteiger partial charge < -0.3 is 39.9 Å². The molecule has 0 bridgehead atoms. The Labute approximate surface area is 292 Å². The number of amides is 5. The van der Waals surface area contributed by atoms with Crippen molar-refractivity contribution in [1.82, 2.24) is 30.3 Å². The first-order chi connectivity index (χ1) is 24.2. The van der Waals surface area contributed by atoms with E-state index in [-0.39, 0.29) is 74.4 Å². The number of aliphatic hydroxyl groups excluding tert-OH is 1. The number of benzene rings is 1. The third-order valence-electron chi connectivity index (χ3n) is 9.67. The van der Waals surface area contributed by atoms with Crippen LogP contribution in [0.3, 0.4) is 0 Å². The van der Waals surface area contributed by atoms with E-state index in [2.05, 4.69) is 15.6 Å². The van der Waals surface area contributed by atoms with E-state index in [4.69, 9.17) is 9.47 Å². The van der Waals surface area contributed by atoms with Crippen LogP contribution in [0.5, 0.6) is 5.75 Å². The van der Waals surface area contributed by atoms with Gasteiger partial charge in [0.15, 0.2) is 6.61 Å². The quantitative estimate of drug-likeness (QED) is 0.252. The fourth-order valence-corrected chi connectivity index (χ4v) is 6.46. The van der Waals surface area contributed by atoms with Gasteiger partial charge in [0.05, 0.1) is 12.1 Å². The van der Waals surface area contributed by atoms with Crippen molar-refractivity contribution in [2.45, 2.75) is 89.8 Å². The second-order valence-corrected chi connectivity index (χ2v) is 13.4. The summed E-state index contributed by atoms with van der Waals surface area (Å²) >= 11 is 0. The van der Waals surface area contributed by atoms with Crippen LogP contribution in [0.4, 0.5) is 4.79 Å². The molecule has 5 amide bonds. The number of pyridine rings is 1. The molecule has 1 aromatic carbocycles. The molecule has 3 N–H and O–H groups in total. The molecule has 272 valence electrons.